The lowest BCUT2D eigenvalue weighted by atomic mass is 9.78. The van der Waals surface area contributed by atoms with Gasteiger partial charge in [-0.05, 0) is 62.3 Å². The van der Waals surface area contributed by atoms with Crippen LogP contribution in [0.15, 0.2) is 42.5 Å². The second-order valence-corrected chi connectivity index (χ2v) is 9.21. The maximum Gasteiger partial charge on any atom is 0.263 e. The zero-order chi connectivity index (χ0) is 23.5. The lowest BCUT2D eigenvalue weighted by molar-refractivity contribution is -0.118. The number of fused-ring (bicyclic) bond motifs is 2. The molecule has 1 fully saturated rings. The third-order valence-corrected chi connectivity index (χ3v) is 6.87. The molecule has 0 atom stereocenters. The summed E-state index contributed by atoms with van der Waals surface area (Å²) < 4.78 is 10.7. The summed E-state index contributed by atoms with van der Waals surface area (Å²) >= 11 is 0. The second-order valence-electron chi connectivity index (χ2n) is 9.21. The summed E-state index contributed by atoms with van der Waals surface area (Å²) in [5.41, 5.74) is 2.27. The van der Waals surface area contributed by atoms with Crippen molar-refractivity contribution in [2.45, 2.75) is 56.7 Å². The van der Waals surface area contributed by atoms with E-state index in [1.54, 1.807) is 7.11 Å². The van der Waals surface area contributed by atoms with E-state index in [1.807, 2.05) is 30.3 Å². The molecule has 0 radical (unpaired) electrons. The lowest BCUT2D eigenvalue weighted by Gasteiger charge is -2.36. The fourth-order valence-corrected chi connectivity index (χ4v) is 4.83. The number of nitrogens with zero attached hydrogens (tertiary/aromatic N) is 2. The highest BCUT2D eigenvalue weighted by Crippen LogP contribution is 2.33. The number of rotatable bonds is 7. The average molecular weight is 463 g/mol. The number of hydrogen-bond acceptors (Lipinski definition) is 7. The van der Waals surface area contributed by atoms with Gasteiger partial charge in [0.15, 0.2) is 18.2 Å². The highest BCUT2D eigenvalue weighted by molar-refractivity contribution is 5.94. The number of carbonyl (C=O) groups excluding carboxylic acids is 1. The predicted octanol–water partition coefficient (Wildman–Crippen LogP) is 3.37. The van der Waals surface area contributed by atoms with E-state index >= 15 is 0 Å². The van der Waals surface area contributed by atoms with E-state index < -0.39 is 5.60 Å². The molecule has 5 rings (SSSR count). The topological polar surface area (TPSA) is 106 Å². The standard InChI is InChI=1S/C26H30N4O4/c1-33-23-8-5-17-3-2-4-18(24(17)30-23)9-12-26(32)13-10-19(11-14-26)27-15-20-6-7-21-25(28-20)29-22(31)16-34-21/h2-8,19,27,32H,9-16H2,1H3,(H,28,29,31). The van der Waals surface area contributed by atoms with Gasteiger partial charge in [-0.25, -0.2) is 9.97 Å². The van der Waals surface area contributed by atoms with Gasteiger partial charge in [0.1, 0.15) is 0 Å². The fourth-order valence-electron chi connectivity index (χ4n) is 4.83. The molecular formula is C26H30N4O4. The van der Waals surface area contributed by atoms with Crippen molar-refractivity contribution in [3.8, 4) is 11.6 Å². The largest absolute Gasteiger partial charge is 0.481 e. The van der Waals surface area contributed by atoms with Crippen molar-refractivity contribution in [3.63, 3.8) is 0 Å². The van der Waals surface area contributed by atoms with Crippen LogP contribution in [0.1, 0.15) is 43.4 Å². The lowest BCUT2D eigenvalue weighted by Crippen LogP contribution is -2.41. The molecule has 3 heterocycles. The number of pyridine rings is 2. The second kappa shape index (κ2) is 9.56. The Morgan fingerprint density at radius 3 is 2.85 bits per heavy atom. The van der Waals surface area contributed by atoms with Gasteiger partial charge in [-0.1, -0.05) is 18.2 Å². The summed E-state index contributed by atoms with van der Waals surface area (Å²) in [6.45, 7) is 0.637. The summed E-state index contributed by atoms with van der Waals surface area (Å²) in [7, 11) is 1.62. The van der Waals surface area contributed by atoms with Gasteiger partial charge < -0.3 is 25.2 Å². The van der Waals surface area contributed by atoms with E-state index in [0.29, 0.717) is 36.5 Å². The SMILES string of the molecule is COc1ccc2cccc(CCC3(O)CCC(NCc4ccc5c(n4)NC(=O)CO5)CC3)c2n1. The summed E-state index contributed by atoms with van der Waals surface area (Å²) in [4.78, 5) is 20.6. The molecular weight excluding hydrogens is 432 g/mol. The molecule has 3 N–H and O–H groups in total. The van der Waals surface area contributed by atoms with E-state index in [1.165, 1.54) is 0 Å². The van der Waals surface area contributed by atoms with Crippen LogP contribution in [0.4, 0.5) is 5.82 Å². The first-order valence-electron chi connectivity index (χ1n) is 11.8. The minimum absolute atomic E-state index is 0.0302. The van der Waals surface area contributed by atoms with Crippen LogP contribution < -0.4 is 20.1 Å². The van der Waals surface area contributed by atoms with Crippen LogP contribution in [0.3, 0.4) is 0 Å². The number of amides is 1. The summed E-state index contributed by atoms with van der Waals surface area (Å²) in [5, 5.41) is 18.6. The molecule has 1 amide bonds. The summed E-state index contributed by atoms with van der Waals surface area (Å²) in [5.74, 6) is 1.50. The molecule has 1 aliphatic heterocycles. The van der Waals surface area contributed by atoms with Gasteiger partial charge in [0.05, 0.1) is 23.9 Å². The molecule has 8 nitrogen and oxygen atoms in total. The van der Waals surface area contributed by atoms with E-state index in [4.69, 9.17) is 9.47 Å². The molecule has 34 heavy (non-hydrogen) atoms. The molecule has 0 bridgehead atoms. The first-order chi connectivity index (χ1) is 16.5. The van der Waals surface area contributed by atoms with Crippen molar-refractivity contribution in [1.82, 2.24) is 15.3 Å². The number of aryl methyl sites for hydroxylation is 1. The number of anilines is 1. The predicted molar refractivity (Wildman–Crippen MR) is 129 cm³/mol. The molecule has 8 heteroatoms. The van der Waals surface area contributed by atoms with Crippen LogP contribution in [-0.4, -0.2) is 46.3 Å². The Balaban J connectivity index is 1.14. The van der Waals surface area contributed by atoms with Gasteiger partial charge in [-0.2, -0.15) is 0 Å². The van der Waals surface area contributed by atoms with Crippen LogP contribution in [0, 0.1) is 0 Å². The fraction of sp³-hybridized carbons (Fsp3) is 0.423. The molecule has 2 aromatic heterocycles. The minimum Gasteiger partial charge on any atom is -0.481 e. The Hall–Kier alpha value is -3.23. The van der Waals surface area contributed by atoms with Gasteiger partial charge in [-0.15, -0.1) is 0 Å². The zero-order valence-corrected chi connectivity index (χ0v) is 19.3. The molecule has 1 saturated carbocycles. The first kappa shape index (κ1) is 22.6. The molecule has 0 saturated heterocycles. The third kappa shape index (κ3) is 4.98. The summed E-state index contributed by atoms with van der Waals surface area (Å²) in [6, 6.07) is 14.2. The molecule has 3 aromatic rings. The maximum atomic E-state index is 11.5. The highest BCUT2D eigenvalue weighted by atomic mass is 16.5. The van der Waals surface area contributed by atoms with Gasteiger partial charge >= 0.3 is 0 Å². The molecule has 1 aliphatic carbocycles. The number of methoxy groups -OCH3 is 1. The van der Waals surface area contributed by atoms with E-state index in [0.717, 1.165) is 54.3 Å². The maximum absolute atomic E-state index is 11.5. The quantitative estimate of drug-likeness (QED) is 0.494. The van der Waals surface area contributed by atoms with Crippen molar-refractivity contribution < 1.29 is 19.4 Å². The number of aliphatic hydroxyl groups is 1. The summed E-state index contributed by atoms with van der Waals surface area (Å²) in [6.07, 6.45) is 4.82. The number of hydrogen-bond donors (Lipinski definition) is 3. The third-order valence-electron chi connectivity index (χ3n) is 6.87. The molecule has 0 spiro atoms. The highest BCUT2D eigenvalue weighted by Gasteiger charge is 2.33. The van der Waals surface area contributed by atoms with Gasteiger partial charge in [0, 0.05) is 24.0 Å². The Morgan fingerprint density at radius 2 is 2.03 bits per heavy atom. The number of carbonyl (C=O) groups is 1. The number of ether oxygens (including phenoxy) is 2. The Labute approximate surface area is 198 Å². The number of aromatic nitrogens is 2. The number of nitrogens with one attached hydrogen (secondary N) is 2. The van der Waals surface area contributed by atoms with Crippen molar-refractivity contribution in [2.75, 3.05) is 19.0 Å². The molecule has 0 unspecified atom stereocenters. The van der Waals surface area contributed by atoms with E-state index in [9.17, 15) is 9.90 Å². The van der Waals surface area contributed by atoms with Crippen molar-refractivity contribution in [2.24, 2.45) is 0 Å². The van der Waals surface area contributed by atoms with E-state index in [-0.39, 0.29) is 12.5 Å². The molecule has 2 aliphatic rings. The van der Waals surface area contributed by atoms with Crippen LogP contribution in [0.2, 0.25) is 0 Å². The van der Waals surface area contributed by atoms with Gasteiger partial charge in [0.2, 0.25) is 5.88 Å². The van der Waals surface area contributed by atoms with Crippen LogP contribution >= 0.6 is 0 Å². The number of benzene rings is 1. The van der Waals surface area contributed by atoms with Crippen molar-refractivity contribution >= 4 is 22.6 Å². The van der Waals surface area contributed by atoms with Gasteiger partial charge in [-0.3, -0.25) is 4.79 Å². The Morgan fingerprint density at radius 1 is 1.18 bits per heavy atom. The molecule has 1 aromatic carbocycles. The van der Waals surface area contributed by atoms with Crippen LogP contribution in [0.25, 0.3) is 10.9 Å². The minimum atomic E-state index is -0.662. The van der Waals surface area contributed by atoms with Crippen LogP contribution in [-0.2, 0) is 17.8 Å². The number of para-hydroxylation sites is 1. The van der Waals surface area contributed by atoms with Crippen LogP contribution in [0.5, 0.6) is 11.6 Å². The van der Waals surface area contributed by atoms with Crippen molar-refractivity contribution in [1.29, 1.82) is 0 Å². The first-order valence-corrected chi connectivity index (χ1v) is 11.8. The smallest absolute Gasteiger partial charge is 0.263 e. The monoisotopic (exact) mass is 462 g/mol. The Kier molecular flexibility index (Phi) is 6.34. The van der Waals surface area contributed by atoms with E-state index in [2.05, 4.69) is 32.7 Å². The van der Waals surface area contributed by atoms with Gasteiger partial charge in [0.25, 0.3) is 5.91 Å². The average Bonchev–Trinajstić information content (AvgIpc) is 2.86. The Bertz CT molecular complexity index is 1190. The normalized spacial score (nSPS) is 22.1. The van der Waals surface area contributed by atoms with Crippen molar-refractivity contribution in [3.05, 3.63) is 53.7 Å². The molecule has 178 valence electrons. The zero-order valence-electron chi connectivity index (χ0n) is 19.3.